The van der Waals surface area contributed by atoms with Crippen molar-refractivity contribution in [3.8, 4) is 0 Å². The molecule has 1 aromatic rings. The Morgan fingerprint density at radius 3 is 2.44 bits per heavy atom. The maximum absolute atomic E-state index is 12.4. The highest BCUT2D eigenvalue weighted by Crippen LogP contribution is 2.38. The quantitative estimate of drug-likeness (QED) is 0.770. The van der Waals surface area contributed by atoms with Gasteiger partial charge in [0.2, 0.25) is 0 Å². The van der Waals surface area contributed by atoms with Crippen LogP contribution in [0.2, 0.25) is 0 Å². The van der Waals surface area contributed by atoms with Gasteiger partial charge < -0.3 is 10.2 Å². The maximum atomic E-state index is 12.4. The SMILES string of the molecule is CN1CCC(/C=N/S(=O)(=O)NC(=O)Nc2c3c(cc4c2CCC4)CCC3)C1. The van der Waals surface area contributed by atoms with Crippen molar-refractivity contribution in [3.05, 3.63) is 28.3 Å². The Bertz CT molecular complexity index is 862. The molecule has 1 saturated heterocycles. The molecule has 7 nitrogen and oxygen atoms in total. The molecule has 1 fully saturated rings. The van der Waals surface area contributed by atoms with Crippen LogP contribution in [-0.4, -0.2) is 45.7 Å². The van der Waals surface area contributed by atoms with E-state index in [1.165, 1.54) is 28.5 Å². The third kappa shape index (κ3) is 4.01. The minimum atomic E-state index is -4.05. The van der Waals surface area contributed by atoms with Crippen LogP contribution in [0.15, 0.2) is 10.5 Å². The second-order valence-electron chi connectivity index (χ2n) is 7.83. The predicted octanol–water partition coefficient (Wildman–Crippen LogP) is 2.05. The summed E-state index contributed by atoms with van der Waals surface area (Å²) in [6.07, 6.45) is 8.38. The van der Waals surface area contributed by atoms with Crippen LogP contribution in [0.3, 0.4) is 0 Å². The van der Waals surface area contributed by atoms with Crippen molar-refractivity contribution in [3.63, 3.8) is 0 Å². The minimum Gasteiger partial charge on any atom is -0.307 e. The molecule has 1 unspecified atom stereocenters. The molecule has 0 spiro atoms. The van der Waals surface area contributed by atoms with Crippen LogP contribution < -0.4 is 10.0 Å². The number of nitrogens with zero attached hydrogens (tertiary/aromatic N) is 2. The Hall–Kier alpha value is -1.93. The zero-order valence-electron chi connectivity index (χ0n) is 15.6. The molecule has 3 aliphatic rings. The number of hydrogen-bond acceptors (Lipinski definition) is 4. The number of aryl methyl sites for hydroxylation is 2. The monoisotopic (exact) mass is 390 g/mol. The number of rotatable bonds is 4. The Labute approximate surface area is 160 Å². The van der Waals surface area contributed by atoms with Gasteiger partial charge in [-0.15, -0.1) is 0 Å². The average molecular weight is 391 g/mol. The standard InChI is InChI=1S/C19H26N4O3S/c1-23-9-8-13(12-23)11-20-27(25,26)22-19(24)21-18-16-6-2-4-14(16)10-15-5-3-7-17(15)18/h10-11,13H,2-9,12H2,1H3,(H2,21,22,24)/b20-11+. The van der Waals surface area contributed by atoms with Gasteiger partial charge in [0.25, 0.3) is 0 Å². The van der Waals surface area contributed by atoms with Crippen molar-refractivity contribution in [1.29, 1.82) is 0 Å². The van der Waals surface area contributed by atoms with Gasteiger partial charge in [-0.3, -0.25) is 0 Å². The van der Waals surface area contributed by atoms with Crippen molar-refractivity contribution in [1.82, 2.24) is 9.62 Å². The fourth-order valence-corrected chi connectivity index (χ4v) is 5.18. The van der Waals surface area contributed by atoms with E-state index >= 15 is 0 Å². The number of carbonyl (C=O) groups excluding carboxylic acids is 1. The maximum Gasteiger partial charge on any atom is 0.345 e. The number of anilines is 1. The topological polar surface area (TPSA) is 90.9 Å². The van der Waals surface area contributed by atoms with Crippen molar-refractivity contribution in [2.75, 3.05) is 25.5 Å². The van der Waals surface area contributed by atoms with Gasteiger partial charge in [-0.1, -0.05) is 6.07 Å². The highest BCUT2D eigenvalue weighted by atomic mass is 32.2. The van der Waals surface area contributed by atoms with Gasteiger partial charge in [-0.25, -0.2) is 9.52 Å². The van der Waals surface area contributed by atoms with Gasteiger partial charge in [0.1, 0.15) is 0 Å². The van der Waals surface area contributed by atoms with Crippen LogP contribution in [0.1, 0.15) is 41.5 Å². The van der Waals surface area contributed by atoms with E-state index < -0.39 is 16.2 Å². The first kappa shape index (κ1) is 18.4. The van der Waals surface area contributed by atoms with E-state index in [2.05, 4.69) is 20.7 Å². The number of nitrogens with one attached hydrogen (secondary N) is 2. The third-order valence-corrected chi connectivity index (χ3v) is 6.61. The van der Waals surface area contributed by atoms with Crippen LogP contribution in [0.25, 0.3) is 0 Å². The van der Waals surface area contributed by atoms with Crippen LogP contribution in [-0.2, 0) is 35.9 Å². The molecule has 1 atom stereocenters. The fourth-order valence-electron chi connectivity index (χ4n) is 4.51. The van der Waals surface area contributed by atoms with Gasteiger partial charge in [-0.2, -0.15) is 12.8 Å². The molecule has 2 amide bonds. The van der Waals surface area contributed by atoms with Gasteiger partial charge in [0.05, 0.1) is 0 Å². The summed E-state index contributed by atoms with van der Waals surface area (Å²) >= 11 is 0. The third-order valence-electron chi connectivity index (χ3n) is 5.77. The molecule has 0 aromatic heterocycles. The Morgan fingerprint density at radius 2 is 1.85 bits per heavy atom. The van der Waals surface area contributed by atoms with Gasteiger partial charge in [-0.05, 0) is 80.8 Å². The average Bonchev–Trinajstić information content (AvgIpc) is 3.32. The predicted molar refractivity (Wildman–Crippen MR) is 106 cm³/mol. The smallest absolute Gasteiger partial charge is 0.307 e. The lowest BCUT2D eigenvalue weighted by molar-refractivity contribution is 0.256. The van der Waals surface area contributed by atoms with Crippen LogP contribution >= 0.6 is 0 Å². The zero-order valence-corrected chi connectivity index (χ0v) is 16.4. The molecule has 4 rings (SSSR count). The number of benzene rings is 1. The fraction of sp³-hybridized carbons (Fsp3) is 0.579. The van der Waals surface area contributed by atoms with Gasteiger partial charge >= 0.3 is 16.2 Å². The molecular weight excluding hydrogens is 364 g/mol. The summed E-state index contributed by atoms with van der Waals surface area (Å²) in [5.41, 5.74) is 5.74. The highest BCUT2D eigenvalue weighted by molar-refractivity contribution is 7.88. The molecule has 0 saturated carbocycles. The summed E-state index contributed by atoms with van der Waals surface area (Å²) in [4.78, 5) is 14.5. The summed E-state index contributed by atoms with van der Waals surface area (Å²) in [5.74, 6) is 0.107. The second kappa shape index (κ2) is 7.24. The molecular formula is C19H26N4O3S. The molecule has 2 N–H and O–H groups in total. The van der Waals surface area contributed by atoms with Crippen molar-refractivity contribution in [2.24, 2.45) is 10.3 Å². The lowest BCUT2D eigenvalue weighted by Gasteiger charge is -2.16. The first-order valence-electron chi connectivity index (χ1n) is 9.65. The van der Waals surface area contributed by atoms with Crippen LogP contribution in [0.5, 0.6) is 0 Å². The number of amides is 2. The number of hydrogen-bond donors (Lipinski definition) is 2. The second-order valence-corrected chi connectivity index (χ2v) is 9.20. The van der Waals surface area contributed by atoms with E-state index in [-0.39, 0.29) is 5.92 Å². The van der Waals surface area contributed by atoms with E-state index in [1.807, 2.05) is 11.8 Å². The van der Waals surface area contributed by atoms with Gasteiger partial charge in [0.15, 0.2) is 0 Å². The van der Waals surface area contributed by atoms with E-state index in [9.17, 15) is 13.2 Å². The molecule has 2 aliphatic carbocycles. The summed E-state index contributed by atoms with van der Waals surface area (Å²) in [6.45, 7) is 1.71. The Kier molecular flexibility index (Phi) is 4.94. The molecule has 8 heteroatoms. The molecule has 0 bridgehead atoms. The Morgan fingerprint density at radius 1 is 1.19 bits per heavy atom. The lowest BCUT2D eigenvalue weighted by atomic mass is 9.99. The number of carbonyl (C=O) groups is 1. The normalized spacial score (nSPS) is 22.2. The van der Waals surface area contributed by atoms with Crippen molar-refractivity contribution >= 4 is 28.1 Å². The molecule has 0 radical (unpaired) electrons. The number of urea groups is 1. The van der Waals surface area contributed by atoms with Crippen molar-refractivity contribution in [2.45, 2.75) is 44.9 Å². The van der Waals surface area contributed by atoms with Crippen molar-refractivity contribution < 1.29 is 13.2 Å². The molecule has 146 valence electrons. The van der Waals surface area contributed by atoms with Gasteiger partial charge in [0, 0.05) is 24.4 Å². The Balaban J connectivity index is 1.46. The highest BCUT2D eigenvalue weighted by Gasteiger charge is 2.26. The van der Waals surface area contributed by atoms with E-state index in [1.54, 1.807) is 0 Å². The summed E-state index contributed by atoms with van der Waals surface area (Å²) < 4.78 is 30.0. The lowest BCUT2D eigenvalue weighted by Crippen LogP contribution is -2.34. The first-order chi connectivity index (χ1) is 12.9. The summed E-state index contributed by atoms with van der Waals surface area (Å²) in [5, 5.41) is 2.82. The number of likely N-dealkylation sites (tertiary alicyclic amines) is 1. The molecule has 1 heterocycles. The van der Waals surface area contributed by atoms with E-state index in [0.717, 1.165) is 63.7 Å². The first-order valence-corrected chi connectivity index (χ1v) is 11.1. The van der Waals surface area contributed by atoms with E-state index in [4.69, 9.17) is 0 Å². The van der Waals surface area contributed by atoms with Crippen LogP contribution in [0.4, 0.5) is 10.5 Å². The summed E-state index contributed by atoms with van der Waals surface area (Å²) in [7, 11) is -2.05. The minimum absolute atomic E-state index is 0.107. The number of fused-ring (bicyclic) bond motifs is 2. The molecule has 1 aliphatic heterocycles. The van der Waals surface area contributed by atoms with Crippen LogP contribution in [0, 0.1) is 5.92 Å². The molecule has 1 aromatic carbocycles. The summed E-state index contributed by atoms with van der Waals surface area (Å²) in [6, 6.07) is 1.54. The zero-order chi connectivity index (χ0) is 19.0. The largest absolute Gasteiger partial charge is 0.345 e. The van der Waals surface area contributed by atoms with E-state index in [0.29, 0.717) is 0 Å². The molecule has 27 heavy (non-hydrogen) atoms.